The number of aromatic nitrogens is 1. The first-order chi connectivity index (χ1) is 11.2. The van der Waals surface area contributed by atoms with Crippen LogP contribution in [0.3, 0.4) is 0 Å². The number of para-hydroxylation sites is 2. The molecule has 0 aliphatic heterocycles. The first-order valence-electron chi connectivity index (χ1n) is 6.69. The highest BCUT2D eigenvalue weighted by Crippen LogP contribution is 2.23. The molecule has 0 spiro atoms. The van der Waals surface area contributed by atoms with Crippen LogP contribution in [0.2, 0.25) is 0 Å². The van der Waals surface area contributed by atoms with Gasteiger partial charge in [0.05, 0.1) is 5.75 Å². The van der Waals surface area contributed by atoms with Crippen molar-refractivity contribution in [1.29, 1.82) is 5.26 Å². The van der Waals surface area contributed by atoms with Gasteiger partial charge in [0, 0.05) is 10.6 Å². The van der Waals surface area contributed by atoms with E-state index in [1.807, 2.05) is 29.7 Å². The second-order valence-electron chi connectivity index (χ2n) is 4.50. The summed E-state index contributed by atoms with van der Waals surface area (Å²) in [6, 6.07) is 14.6. The Morgan fingerprint density at radius 2 is 2.00 bits per heavy atom. The molecule has 114 valence electrons. The van der Waals surface area contributed by atoms with Gasteiger partial charge in [-0.15, -0.1) is 0 Å². The molecule has 2 aromatic carbocycles. The highest BCUT2D eigenvalue weighted by molar-refractivity contribution is 8.03. The monoisotopic (exact) mass is 341 g/mol. The first kappa shape index (κ1) is 15.5. The van der Waals surface area contributed by atoms with Crippen molar-refractivity contribution in [3.63, 3.8) is 0 Å². The molecule has 1 heterocycles. The number of rotatable bonds is 5. The van der Waals surface area contributed by atoms with Crippen LogP contribution in [0.15, 0.2) is 63.1 Å². The second kappa shape index (κ2) is 7.22. The number of hydrogen-bond donors (Lipinski definition) is 1. The number of nitriles is 1. The summed E-state index contributed by atoms with van der Waals surface area (Å²) in [5, 5.41) is 13.9. The van der Waals surface area contributed by atoms with Crippen LogP contribution in [0.25, 0.3) is 11.1 Å². The summed E-state index contributed by atoms with van der Waals surface area (Å²) in [4.78, 5) is 17.1. The van der Waals surface area contributed by atoms with Gasteiger partial charge in [-0.25, -0.2) is 4.98 Å². The van der Waals surface area contributed by atoms with Crippen LogP contribution in [0.5, 0.6) is 0 Å². The molecular weight excluding hydrogens is 330 g/mol. The number of oxazole rings is 1. The minimum absolute atomic E-state index is 0.141. The zero-order valence-corrected chi connectivity index (χ0v) is 13.5. The molecule has 0 radical (unpaired) electrons. The smallest absolute Gasteiger partial charge is 0.257 e. The summed E-state index contributed by atoms with van der Waals surface area (Å²) in [5.41, 5.74) is 2.18. The summed E-state index contributed by atoms with van der Waals surface area (Å²) in [6.07, 6.45) is 0. The van der Waals surface area contributed by atoms with Crippen molar-refractivity contribution in [2.24, 2.45) is 0 Å². The van der Waals surface area contributed by atoms with E-state index in [4.69, 9.17) is 9.68 Å². The van der Waals surface area contributed by atoms with E-state index >= 15 is 0 Å². The number of thioether (sulfide) groups is 2. The molecule has 0 aliphatic carbocycles. The minimum atomic E-state index is -0.141. The van der Waals surface area contributed by atoms with Gasteiger partial charge in [0.1, 0.15) is 10.9 Å². The normalized spacial score (nSPS) is 10.4. The van der Waals surface area contributed by atoms with E-state index in [1.54, 1.807) is 24.3 Å². The molecule has 3 rings (SSSR count). The molecule has 0 fully saturated rings. The Bertz CT molecular complexity index is 836. The van der Waals surface area contributed by atoms with Crippen LogP contribution in [0.1, 0.15) is 0 Å². The number of benzene rings is 2. The van der Waals surface area contributed by atoms with Crippen LogP contribution >= 0.6 is 23.5 Å². The van der Waals surface area contributed by atoms with Crippen molar-refractivity contribution in [3.8, 4) is 5.40 Å². The number of anilines is 1. The van der Waals surface area contributed by atoms with Crippen LogP contribution < -0.4 is 5.32 Å². The van der Waals surface area contributed by atoms with Crippen molar-refractivity contribution in [2.75, 3.05) is 11.1 Å². The molecule has 1 amide bonds. The van der Waals surface area contributed by atoms with Gasteiger partial charge >= 0.3 is 0 Å². The third-order valence-corrected chi connectivity index (χ3v) is 4.33. The fraction of sp³-hybridized carbons (Fsp3) is 0.0625. The molecule has 0 saturated carbocycles. The maximum Gasteiger partial charge on any atom is 0.257 e. The molecular formula is C16H11N3O2S2. The van der Waals surface area contributed by atoms with Gasteiger partial charge in [-0.05, 0) is 48.2 Å². The Balaban J connectivity index is 1.55. The van der Waals surface area contributed by atoms with E-state index in [9.17, 15) is 4.79 Å². The Labute approximate surface area is 141 Å². The Morgan fingerprint density at radius 1 is 1.22 bits per heavy atom. The Kier molecular flexibility index (Phi) is 4.86. The van der Waals surface area contributed by atoms with Crippen LogP contribution in [0, 0.1) is 10.7 Å². The van der Waals surface area contributed by atoms with E-state index in [-0.39, 0.29) is 11.7 Å². The van der Waals surface area contributed by atoms with Gasteiger partial charge in [-0.2, -0.15) is 5.26 Å². The standard InChI is InChI=1S/C16H11N3O2S2/c17-10-23-12-7-5-11(6-8-12)18-15(20)9-22-16-19-13-3-1-2-4-14(13)21-16/h1-8H,9H2,(H,18,20). The number of hydrogen-bond acceptors (Lipinski definition) is 6. The molecule has 0 saturated heterocycles. The van der Waals surface area contributed by atoms with Crippen LogP contribution in [-0.2, 0) is 4.79 Å². The zero-order valence-electron chi connectivity index (χ0n) is 11.9. The summed E-state index contributed by atoms with van der Waals surface area (Å²) in [5.74, 6) is 0.0690. The van der Waals surface area contributed by atoms with Crippen molar-refractivity contribution in [3.05, 3.63) is 48.5 Å². The molecule has 5 nitrogen and oxygen atoms in total. The maximum absolute atomic E-state index is 12.0. The quantitative estimate of drug-likeness (QED) is 0.555. The van der Waals surface area contributed by atoms with Gasteiger partial charge in [0.15, 0.2) is 5.58 Å². The lowest BCUT2D eigenvalue weighted by molar-refractivity contribution is -0.113. The predicted octanol–water partition coefficient (Wildman–Crippen LogP) is 4.13. The van der Waals surface area contributed by atoms with E-state index in [0.717, 1.165) is 22.2 Å². The molecule has 7 heteroatoms. The van der Waals surface area contributed by atoms with Crippen LogP contribution in [0.4, 0.5) is 5.69 Å². The third kappa shape index (κ3) is 4.06. The third-order valence-electron chi connectivity index (χ3n) is 2.90. The summed E-state index contributed by atoms with van der Waals surface area (Å²) in [7, 11) is 0. The van der Waals surface area contributed by atoms with Gasteiger partial charge in [0.2, 0.25) is 5.91 Å². The van der Waals surface area contributed by atoms with E-state index in [2.05, 4.69) is 10.3 Å². The van der Waals surface area contributed by atoms with Crippen molar-refractivity contribution in [2.45, 2.75) is 10.1 Å². The number of amides is 1. The number of thiocyanates is 1. The zero-order chi connectivity index (χ0) is 16.1. The fourth-order valence-electron chi connectivity index (χ4n) is 1.90. The molecule has 1 aromatic heterocycles. The molecule has 0 bridgehead atoms. The minimum Gasteiger partial charge on any atom is -0.431 e. The Hall–Kier alpha value is -2.43. The number of carbonyl (C=O) groups excluding carboxylic acids is 1. The van der Waals surface area contributed by atoms with Crippen molar-refractivity contribution < 1.29 is 9.21 Å². The van der Waals surface area contributed by atoms with Crippen molar-refractivity contribution >= 4 is 46.2 Å². The van der Waals surface area contributed by atoms with E-state index in [1.165, 1.54) is 11.8 Å². The largest absolute Gasteiger partial charge is 0.431 e. The predicted molar refractivity (Wildman–Crippen MR) is 91.3 cm³/mol. The number of nitrogens with zero attached hydrogens (tertiary/aromatic N) is 2. The summed E-state index contributed by atoms with van der Waals surface area (Å²) >= 11 is 2.33. The highest BCUT2D eigenvalue weighted by Gasteiger charge is 2.09. The molecule has 0 atom stereocenters. The van der Waals surface area contributed by atoms with Gasteiger partial charge in [-0.3, -0.25) is 4.79 Å². The molecule has 0 unspecified atom stereocenters. The van der Waals surface area contributed by atoms with Gasteiger partial charge < -0.3 is 9.73 Å². The average molecular weight is 341 g/mol. The number of nitrogens with one attached hydrogen (secondary N) is 1. The second-order valence-corrected chi connectivity index (χ2v) is 6.29. The van der Waals surface area contributed by atoms with E-state index in [0.29, 0.717) is 16.5 Å². The first-order valence-corrected chi connectivity index (χ1v) is 8.49. The summed E-state index contributed by atoms with van der Waals surface area (Å²) in [6.45, 7) is 0. The molecule has 3 aromatic rings. The molecule has 1 N–H and O–H groups in total. The van der Waals surface area contributed by atoms with Gasteiger partial charge in [-0.1, -0.05) is 23.9 Å². The van der Waals surface area contributed by atoms with Crippen molar-refractivity contribution in [1.82, 2.24) is 4.98 Å². The highest BCUT2D eigenvalue weighted by atomic mass is 32.2. The topological polar surface area (TPSA) is 78.9 Å². The lowest BCUT2D eigenvalue weighted by atomic mass is 10.3. The fourth-order valence-corrected chi connectivity index (χ4v) is 2.91. The van der Waals surface area contributed by atoms with Gasteiger partial charge in [0.25, 0.3) is 5.22 Å². The lowest BCUT2D eigenvalue weighted by Gasteiger charge is -2.04. The molecule has 23 heavy (non-hydrogen) atoms. The molecule has 0 aliphatic rings. The van der Waals surface area contributed by atoms with Crippen LogP contribution in [-0.4, -0.2) is 16.6 Å². The lowest BCUT2D eigenvalue weighted by Crippen LogP contribution is -2.13. The van der Waals surface area contributed by atoms with E-state index < -0.39 is 0 Å². The number of fused-ring (bicyclic) bond motifs is 1. The average Bonchev–Trinajstić information content (AvgIpc) is 2.98. The number of carbonyl (C=O) groups is 1. The Morgan fingerprint density at radius 3 is 2.74 bits per heavy atom. The SMILES string of the molecule is N#CSc1ccc(NC(=O)CSc2nc3ccccc3o2)cc1. The maximum atomic E-state index is 12.0. The summed E-state index contributed by atoms with van der Waals surface area (Å²) < 4.78 is 5.55.